The lowest BCUT2D eigenvalue weighted by Gasteiger charge is -2.34. The third-order valence-electron chi connectivity index (χ3n) is 6.97. The summed E-state index contributed by atoms with van der Waals surface area (Å²) < 4.78 is 26.6. The highest BCUT2D eigenvalue weighted by Gasteiger charge is 2.35. The van der Waals surface area contributed by atoms with Crippen LogP contribution in [-0.2, 0) is 16.4 Å². The Morgan fingerprint density at radius 2 is 1.76 bits per heavy atom. The zero-order chi connectivity index (χ0) is 26.7. The lowest BCUT2D eigenvalue weighted by atomic mass is 10.1. The van der Waals surface area contributed by atoms with Crippen LogP contribution >= 0.6 is 11.6 Å². The number of benzene rings is 2. The van der Waals surface area contributed by atoms with Gasteiger partial charge in [0.15, 0.2) is 5.82 Å². The Morgan fingerprint density at radius 1 is 1.03 bits per heavy atom. The molecule has 0 bridgehead atoms. The number of nitrogens with one attached hydrogen (secondary N) is 3. The fourth-order valence-electron chi connectivity index (χ4n) is 4.41. The van der Waals surface area contributed by atoms with Crippen molar-refractivity contribution in [1.29, 1.82) is 0 Å². The molecule has 2 fully saturated rings. The van der Waals surface area contributed by atoms with E-state index in [2.05, 4.69) is 67.3 Å². The predicted octanol–water partition coefficient (Wildman–Crippen LogP) is 4.30. The van der Waals surface area contributed by atoms with Crippen LogP contribution in [0.5, 0.6) is 0 Å². The maximum Gasteiger partial charge on any atom is 0.229 e. The average Bonchev–Trinajstić information content (AvgIpc) is 3.75. The molecule has 0 amide bonds. The maximum absolute atomic E-state index is 12.0. The van der Waals surface area contributed by atoms with Gasteiger partial charge in [-0.3, -0.25) is 0 Å². The number of nitrogens with zero attached hydrogens (tertiary/aromatic N) is 4. The van der Waals surface area contributed by atoms with Crippen LogP contribution in [0.15, 0.2) is 48.7 Å². The number of hydrogen-bond acceptors (Lipinski definition) is 8. The molecule has 0 unspecified atom stereocenters. The van der Waals surface area contributed by atoms with E-state index in [4.69, 9.17) is 11.6 Å². The van der Waals surface area contributed by atoms with E-state index in [9.17, 15) is 8.42 Å². The molecule has 0 atom stereocenters. The molecule has 2 heterocycles. The molecule has 2 aliphatic rings. The van der Waals surface area contributed by atoms with Crippen molar-refractivity contribution in [2.45, 2.75) is 31.4 Å². The number of aryl methyl sites for hydroxylation is 1. The monoisotopic (exact) mass is 555 g/mol. The number of anilines is 5. The highest BCUT2D eigenvalue weighted by atomic mass is 35.5. The summed E-state index contributed by atoms with van der Waals surface area (Å²) in [5, 5.41) is 6.79. The number of halogens is 1. The highest BCUT2D eigenvalue weighted by Crippen LogP contribution is 2.29. The number of rotatable bonds is 10. The average molecular weight is 556 g/mol. The minimum Gasteiger partial charge on any atom is -0.369 e. The van der Waals surface area contributed by atoms with Crippen molar-refractivity contribution in [3.05, 3.63) is 64.8 Å². The lowest BCUT2D eigenvalue weighted by Crippen LogP contribution is -2.44. The molecule has 1 aliphatic heterocycles. The standard InChI is InChI=1S/C27H34ClN7O2S/c1-19-17-22(35-15-13-34(2)14-16-35)7-10-25(19)32-27-29-18-24(28)26(33-27)31-21-5-3-20(4-6-21)11-12-30-38(36,37)23-8-9-23/h3-7,10,17-18,23,30H,8-9,11-16H2,1-2H3,(H2,29,31,32,33). The summed E-state index contributed by atoms with van der Waals surface area (Å²) in [6.45, 7) is 6.66. The second kappa shape index (κ2) is 11.4. The van der Waals surface area contributed by atoms with E-state index < -0.39 is 10.0 Å². The van der Waals surface area contributed by atoms with Crippen LogP contribution in [0.25, 0.3) is 0 Å². The summed E-state index contributed by atoms with van der Waals surface area (Å²) in [6, 6.07) is 14.2. The van der Waals surface area contributed by atoms with Gasteiger partial charge in [-0.05, 0) is 74.7 Å². The van der Waals surface area contributed by atoms with Crippen LogP contribution in [0, 0.1) is 6.92 Å². The number of piperazine rings is 1. The molecule has 1 aliphatic carbocycles. The van der Waals surface area contributed by atoms with Gasteiger partial charge >= 0.3 is 0 Å². The lowest BCUT2D eigenvalue weighted by molar-refractivity contribution is 0.313. The number of sulfonamides is 1. The van der Waals surface area contributed by atoms with Gasteiger partial charge in [0.05, 0.1) is 11.4 Å². The molecular weight excluding hydrogens is 522 g/mol. The largest absolute Gasteiger partial charge is 0.369 e. The maximum atomic E-state index is 12.0. The Labute approximate surface area is 229 Å². The molecule has 11 heteroatoms. The van der Waals surface area contributed by atoms with Gasteiger partial charge in [0, 0.05) is 49.8 Å². The number of hydrogen-bond donors (Lipinski definition) is 3. The predicted molar refractivity (Wildman–Crippen MR) is 155 cm³/mol. The van der Waals surface area contributed by atoms with E-state index in [0.29, 0.717) is 29.8 Å². The fourth-order valence-corrected chi connectivity index (χ4v) is 5.93. The SMILES string of the molecule is Cc1cc(N2CCN(C)CC2)ccc1Nc1ncc(Cl)c(Nc2ccc(CCNS(=O)(=O)C3CC3)cc2)n1. The van der Waals surface area contributed by atoms with Gasteiger partial charge in [0.1, 0.15) is 5.02 Å². The Bertz CT molecular complexity index is 1370. The van der Waals surface area contributed by atoms with Crippen LogP contribution in [-0.4, -0.2) is 68.3 Å². The van der Waals surface area contributed by atoms with Gasteiger partial charge < -0.3 is 20.4 Å². The molecular formula is C27H34ClN7O2S. The minimum absolute atomic E-state index is 0.198. The van der Waals surface area contributed by atoms with Crippen molar-refractivity contribution in [2.75, 3.05) is 55.3 Å². The fraction of sp³-hybridized carbons (Fsp3) is 0.407. The Hall–Kier alpha value is -2.92. The van der Waals surface area contributed by atoms with Gasteiger partial charge in [-0.1, -0.05) is 23.7 Å². The van der Waals surface area contributed by atoms with Crippen molar-refractivity contribution >= 4 is 50.5 Å². The second-order valence-electron chi connectivity index (χ2n) is 10.0. The summed E-state index contributed by atoms with van der Waals surface area (Å²) >= 11 is 6.38. The first-order valence-electron chi connectivity index (χ1n) is 12.9. The van der Waals surface area contributed by atoms with Crippen molar-refractivity contribution in [1.82, 2.24) is 19.6 Å². The molecule has 5 rings (SSSR count). The summed E-state index contributed by atoms with van der Waals surface area (Å²) in [5.74, 6) is 0.952. The molecule has 1 aromatic heterocycles. The molecule has 9 nitrogen and oxygen atoms in total. The quantitative estimate of drug-likeness (QED) is 0.340. The summed E-state index contributed by atoms with van der Waals surface area (Å²) in [6.07, 6.45) is 3.73. The molecule has 0 radical (unpaired) electrons. The minimum atomic E-state index is -3.15. The van der Waals surface area contributed by atoms with Crippen LogP contribution in [0.1, 0.15) is 24.0 Å². The van der Waals surface area contributed by atoms with Gasteiger partial charge in [-0.15, -0.1) is 0 Å². The Morgan fingerprint density at radius 3 is 2.45 bits per heavy atom. The second-order valence-corrected chi connectivity index (χ2v) is 12.5. The highest BCUT2D eigenvalue weighted by molar-refractivity contribution is 7.90. The molecule has 3 N–H and O–H groups in total. The molecule has 1 saturated heterocycles. The van der Waals surface area contributed by atoms with Crippen LogP contribution in [0.2, 0.25) is 5.02 Å². The van der Waals surface area contributed by atoms with Gasteiger partial charge in [-0.25, -0.2) is 18.1 Å². The molecule has 202 valence electrons. The first-order valence-corrected chi connectivity index (χ1v) is 14.9. The topological polar surface area (TPSA) is 102 Å². The van der Waals surface area contributed by atoms with Gasteiger partial charge in [0.25, 0.3) is 0 Å². The van der Waals surface area contributed by atoms with E-state index in [1.807, 2.05) is 24.3 Å². The first kappa shape index (κ1) is 26.7. The zero-order valence-electron chi connectivity index (χ0n) is 21.7. The van der Waals surface area contributed by atoms with Crippen LogP contribution in [0.4, 0.5) is 28.8 Å². The molecule has 2 aromatic carbocycles. The molecule has 1 saturated carbocycles. The normalized spacial score (nSPS) is 16.4. The smallest absolute Gasteiger partial charge is 0.229 e. The third-order valence-corrected chi connectivity index (χ3v) is 9.20. The molecule has 0 spiro atoms. The van der Waals surface area contributed by atoms with E-state index in [-0.39, 0.29) is 5.25 Å². The summed E-state index contributed by atoms with van der Waals surface area (Å²) in [4.78, 5) is 13.7. The molecule has 38 heavy (non-hydrogen) atoms. The van der Waals surface area contributed by atoms with E-state index in [1.165, 1.54) is 5.69 Å². The molecule has 3 aromatic rings. The Kier molecular flexibility index (Phi) is 8.04. The van der Waals surface area contributed by atoms with Crippen molar-refractivity contribution in [3.63, 3.8) is 0 Å². The van der Waals surface area contributed by atoms with Crippen LogP contribution in [0.3, 0.4) is 0 Å². The third kappa shape index (κ3) is 6.74. The zero-order valence-corrected chi connectivity index (χ0v) is 23.3. The summed E-state index contributed by atoms with van der Waals surface area (Å²) in [7, 11) is -0.992. The van der Waals surface area contributed by atoms with Gasteiger partial charge in [0.2, 0.25) is 16.0 Å². The number of aromatic nitrogens is 2. The summed E-state index contributed by atoms with van der Waals surface area (Å²) in [5.41, 5.74) is 5.15. The van der Waals surface area contributed by atoms with E-state index >= 15 is 0 Å². The van der Waals surface area contributed by atoms with Crippen molar-refractivity contribution < 1.29 is 8.42 Å². The Balaban J connectivity index is 1.19. The number of likely N-dealkylation sites (N-methyl/N-ethyl adjacent to an activating group) is 1. The van der Waals surface area contributed by atoms with Crippen molar-refractivity contribution in [3.8, 4) is 0 Å². The van der Waals surface area contributed by atoms with Crippen molar-refractivity contribution in [2.24, 2.45) is 0 Å². The first-order chi connectivity index (χ1) is 18.3. The van der Waals surface area contributed by atoms with E-state index in [1.54, 1.807) is 6.20 Å². The van der Waals surface area contributed by atoms with Gasteiger partial charge in [-0.2, -0.15) is 4.98 Å². The van der Waals surface area contributed by atoms with Crippen LogP contribution < -0.4 is 20.3 Å². The van der Waals surface area contributed by atoms with E-state index in [0.717, 1.165) is 61.5 Å².